The van der Waals surface area contributed by atoms with Crippen molar-refractivity contribution in [3.05, 3.63) is 53.6 Å². The van der Waals surface area contributed by atoms with Gasteiger partial charge in [-0.2, -0.15) is 0 Å². The first-order valence-corrected chi connectivity index (χ1v) is 8.47. The molecule has 0 aliphatic carbocycles. The number of carbonyl (C=O) groups excluding carboxylic acids is 1. The smallest absolute Gasteiger partial charge is 0.338 e. The third-order valence-corrected chi connectivity index (χ3v) is 5.07. The number of fused-ring (bicyclic) bond motifs is 1. The van der Waals surface area contributed by atoms with E-state index >= 15 is 0 Å². The van der Waals surface area contributed by atoms with Gasteiger partial charge in [-0.1, -0.05) is 23.4 Å². The van der Waals surface area contributed by atoms with Gasteiger partial charge in [0.1, 0.15) is 0 Å². The average Bonchev–Trinajstić information content (AvgIpc) is 2.97. The van der Waals surface area contributed by atoms with Gasteiger partial charge in [-0.15, -0.1) is 0 Å². The second kappa shape index (κ2) is 5.97. The number of sulfonamides is 1. The molecular weight excluding hydrogens is 332 g/mol. The Morgan fingerprint density at radius 3 is 2.67 bits per heavy atom. The summed E-state index contributed by atoms with van der Waals surface area (Å²) in [5, 5.41) is 4.30. The zero-order chi connectivity index (χ0) is 17.3. The molecule has 8 heteroatoms. The highest BCUT2D eigenvalue weighted by Crippen LogP contribution is 2.26. The fraction of sp³-hybridized carbons (Fsp3) is 0.125. The van der Waals surface area contributed by atoms with Gasteiger partial charge in [0.15, 0.2) is 11.4 Å². The predicted octanol–water partition coefficient (Wildman–Crippen LogP) is 2.72. The molecule has 0 saturated carbocycles. The van der Waals surface area contributed by atoms with Crippen LogP contribution in [0.2, 0.25) is 0 Å². The van der Waals surface area contributed by atoms with Gasteiger partial charge in [-0.3, -0.25) is 4.72 Å². The van der Waals surface area contributed by atoms with Gasteiger partial charge >= 0.3 is 5.97 Å². The molecule has 0 aliphatic heterocycles. The summed E-state index contributed by atoms with van der Waals surface area (Å²) in [4.78, 5) is 11.7. The molecule has 0 radical (unpaired) electrons. The van der Waals surface area contributed by atoms with Crippen LogP contribution in [0, 0.1) is 6.92 Å². The molecular formula is C16H14N2O5S. The van der Waals surface area contributed by atoms with Crippen molar-refractivity contribution in [2.24, 2.45) is 0 Å². The molecule has 0 aliphatic rings. The van der Waals surface area contributed by atoms with Gasteiger partial charge in [-0.05, 0) is 36.8 Å². The van der Waals surface area contributed by atoms with E-state index in [0.29, 0.717) is 16.5 Å². The molecule has 1 aromatic heterocycles. The molecule has 0 unspecified atom stereocenters. The number of carbonyl (C=O) groups is 1. The van der Waals surface area contributed by atoms with Crippen LogP contribution in [0.15, 0.2) is 51.9 Å². The highest BCUT2D eigenvalue weighted by atomic mass is 32.2. The van der Waals surface area contributed by atoms with E-state index in [0.717, 1.165) is 0 Å². The Labute approximate surface area is 138 Å². The molecule has 0 saturated heterocycles. The summed E-state index contributed by atoms with van der Waals surface area (Å²) in [6.45, 7) is 1.54. The number of aromatic nitrogens is 1. The van der Waals surface area contributed by atoms with E-state index in [1.165, 1.54) is 25.3 Å². The lowest BCUT2D eigenvalue weighted by molar-refractivity contribution is 0.0599. The monoisotopic (exact) mass is 346 g/mol. The van der Waals surface area contributed by atoms with Crippen molar-refractivity contribution >= 4 is 32.8 Å². The van der Waals surface area contributed by atoms with Crippen molar-refractivity contribution in [2.75, 3.05) is 11.8 Å². The molecule has 0 spiro atoms. The maximum absolute atomic E-state index is 12.7. The molecule has 0 atom stereocenters. The van der Waals surface area contributed by atoms with E-state index < -0.39 is 16.0 Å². The number of benzene rings is 2. The van der Waals surface area contributed by atoms with Crippen molar-refractivity contribution < 1.29 is 22.5 Å². The minimum Gasteiger partial charge on any atom is -0.465 e. The number of hydrogen-bond donors (Lipinski definition) is 1. The summed E-state index contributed by atoms with van der Waals surface area (Å²) in [5.41, 5.74) is 0.949. The Bertz CT molecular complexity index is 1020. The number of nitrogens with one attached hydrogen (secondary N) is 1. The maximum atomic E-state index is 12.7. The van der Waals surface area contributed by atoms with Gasteiger partial charge in [0.25, 0.3) is 10.0 Å². The molecule has 1 heterocycles. The first kappa shape index (κ1) is 16.0. The summed E-state index contributed by atoms with van der Waals surface area (Å²) < 4.78 is 37.5. The zero-order valence-electron chi connectivity index (χ0n) is 12.9. The molecule has 1 N–H and O–H groups in total. The molecule has 3 rings (SSSR count). The lowest BCUT2D eigenvalue weighted by Crippen LogP contribution is -2.16. The number of hydrogen-bond acceptors (Lipinski definition) is 6. The van der Waals surface area contributed by atoms with E-state index in [1.807, 2.05) is 0 Å². The fourth-order valence-electron chi connectivity index (χ4n) is 2.38. The summed E-state index contributed by atoms with van der Waals surface area (Å²) in [6, 6.07) is 11.3. The van der Waals surface area contributed by atoms with Crippen LogP contribution in [0.1, 0.15) is 15.9 Å². The Morgan fingerprint density at radius 2 is 1.92 bits per heavy atom. The van der Waals surface area contributed by atoms with E-state index in [-0.39, 0.29) is 16.3 Å². The second-order valence-corrected chi connectivity index (χ2v) is 6.70. The largest absolute Gasteiger partial charge is 0.465 e. The van der Waals surface area contributed by atoms with Crippen LogP contribution in [-0.2, 0) is 14.8 Å². The standard InChI is InChI=1S/C16H14N2O5S/c1-10-11(16(19)22-2)7-5-9-14(10)24(20,21)18-15-12-6-3-4-8-13(12)23-17-15/h3-9H,1-2H3,(H,17,18). The van der Waals surface area contributed by atoms with Crippen molar-refractivity contribution in [1.82, 2.24) is 5.16 Å². The Hall–Kier alpha value is -2.87. The average molecular weight is 346 g/mol. The van der Waals surface area contributed by atoms with Gasteiger partial charge < -0.3 is 9.26 Å². The van der Waals surface area contributed by atoms with Crippen LogP contribution in [0.4, 0.5) is 5.82 Å². The quantitative estimate of drug-likeness (QED) is 0.729. The SMILES string of the molecule is COC(=O)c1cccc(S(=O)(=O)Nc2noc3ccccc23)c1C. The molecule has 24 heavy (non-hydrogen) atoms. The first-order valence-electron chi connectivity index (χ1n) is 6.99. The minimum absolute atomic E-state index is 0.0301. The number of para-hydroxylation sites is 1. The van der Waals surface area contributed by atoms with Crippen LogP contribution in [0.5, 0.6) is 0 Å². The Morgan fingerprint density at radius 1 is 1.17 bits per heavy atom. The lowest BCUT2D eigenvalue weighted by Gasteiger charge is -2.11. The van der Waals surface area contributed by atoms with Crippen LogP contribution in [-0.4, -0.2) is 26.7 Å². The van der Waals surface area contributed by atoms with Gasteiger partial charge in [-0.25, -0.2) is 13.2 Å². The van der Waals surface area contributed by atoms with Crippen molar-refractivity contribution in [3.8, 4) is 0 Å². The first-order chi connectivity index (χ1) is 11.4. The van der Waals surface area contributed by atoms with E-state index in [1.54, 1.807) is 31.2 Å². The van der Waals surface area contributed by atoms with Gasteiger partial charge in [0.05, 0.1) is 23.0 Å². The Kier molecular flexibility index (Phi) is 3.98. The molecule has 7 nitrogen and oxygen atoms in total. The Balaban J connectivity index is 2.04. The van der Waals surface area contributed by atoms with Crippen molar-refractivity contribution in [1.29, 1.82) is 0 Å². The number of esters is 1. The molecule has 2 aromatic carbocycles. The highest BCUT2D eigenvalue weighted by Gasteiger charge is 2.23. The van der Waals surface area contributed by atoms with E-state index in [9.17, 15) is 13.2 Å². The molecule has 0 fully saturated rings. The van der Waals surface area contributed by atoms with E-state index in [4.69, 9.17) is 4.52 Å². The number of rotatable bonds is 4. The number of anilines is 1. The van der Waals surface area contributed by atoms with Crippen LogP contribution in [0.3, 0.4) is 0 Å². The van der Waals surface area contributed by atoms with E-state index in [2.05, 4.69) is 14.6 Å². The number of ether oxygens (including phenoxy) is 1. The molecule has 0 bridgehead atoms. The number of methoxy groups -OCH3 is 1. The third kappa shape index (κ3) is 2.71. The summed E-state index contributed by atoms with van der Waals surface area (Å²) in [7, 11) is -2.71. The zero-order valence-corrected chi connectivity index (χ0v) is 13.8. The highest BCUT2D eigenvalue weighted by molar-refractivity contribution is 7.92. The second-order valence-electron chi connectivity index (χ2n) is 5.05. The van der Waals surface area contributed by atoms with Crippen LogP contribution >= 0.6 is 0 Å². The summed E-state index contributed by atoms with van der Waals surface area (Å²) in [6.07, 6.45) is 0. The molecule has 124 valence electrons. The summed E-state index contributed by atoms with van der Waals surface area (Å²) in [5.74, 6) is -0.509. The van der Waals surface area contributed by atoms with Crippen LogP contribution in [0.25, 0.3) is 11.0 Å². The number of nitrogens with zero attached hydrogens (tertiary/aromatic N) is 1. The summed E-state index contributed by atoms with van der Waals surface area (Å²) >= 11 is 0. The fourth-order valence-corrected chi connectivity index (χ4v) is 3.66. The normalized spacial score (nSPS) is 11.4. The molecule has 0 amide bonds. The topological polar surface area (TPSA) is 98.5 Å². The minimum atomic E-state index is -3.95. The van der Waals surface area contributed by atoms with Gasteiger partial charge in [0, 0.05) is 0 Å². The van der Waals surface area contributed by atoms with Crippen molar-refractivity contribution in [3.63, 3.8) is 0 Å². The molecule has 3 aromatic rings. The third-order valence-electron chi connectivity index (χ3n) is 3.59. The van der Waals surface area contributed by atoms with Gasteiger partial charge in [0.2, 0.25) is 0 Å². The van der Waals surface area contributed by atoms with Crippen LogP contribution < -0.4 is 4.72 Å². The lowest BCUT2D eigenvalue weighted by atomic mass is 10.1. The predicted molar refractivity (Wildman–Crippen MR) is 87.3 cm³/mol. The van der Waals surface area contributed by atoms with Crippen molar-refractivity contribution in [2.45, 2.75) is 11.8 Å². The maximum Gasteiger partial charge on any atom is 0.338 e.